The first kappa shape index (κ1) is 15.5. The van der Waals surface area contributed by atoms with E-state index in [0.29, 0.717) is 6.04 Å². The summed E-state index contributed by atoms with van der Waals surface area (Å²) in [4.78, 5) is 9.80. The average Bonchev–Trinajstić information content (AvgIpc) is 2.90. The summed E-state index contributed by atoms with van der Waals surface area (Å²) in [5, 5.41) is 0. The van der Waals surface area contributed by atoms with Gasteiger partial charge in [-0.25, -0.2) is 4.98 Å². The van der Waals surface area contributed by atoms with Crippen molar-refractivity contribution in [3.63, 3.8) is 0 Å². The fraction of sp³-hybridized carbons (Fsp3) is 0.588. The van der Waals surface area contributed by atoms with Crippen molar-refractivity contribution in [1.82, 2.24) is 19.2 Å². The van der Waals surface area contributed by atoms with Crippen LogP contribution < -0.4 is 0 Å². The molecule has 1 aliphatic heterocycles. The lowest BCUT2D eigenvalue weighted by Gasteiger charge is -2.39. The van der Waals surface area contributed by atoms with Gasteiger partial charge in [0.05, 0.1) is 12.3 Å². The number of hydrogen-bond donors (Lipinski definition) is 0. The van der Waals surface area contributed by atoms with E-state index in [0.717, 1.165) is 50.7 Å². The van der Waals surface area contributed by atoms with Crippen molar-refractivity contribution >= 4 is 5.65 Å². The SMILES string of the molecule is COCCN1CCN(Cc2cn3cccc(C)c3n2)CC1C. The van der Waals surface area contributed by atoms with Gasteiger partial charge >= 0.3 is 0 Å². The molecule has 2 aromatic heterocycles. The summed E-state index contributed by atoms with van der Waals surface area (Å²) in [5.74, 6) is 0. The number of methoxy groups -OCH3 is 1. The van der Waals surface area contributed by atoms with Gasteiger partial charge in [0.1, 0.15) is 5.65 Å². The fourth-order valence-corrected chi connectivity index (χ4v) is 3.26. The third-order valence-corrected chi connectivity index (χ3v) is 4.55. The summed E-state index contributed by atoms with van der Waals surface area (Å²) < 4.78 is 7.32. The molecule has 0 N–H and O–H groups in total. The van der Waals surface area contributed by atoms with E-state index in [2.05, 4.69) is 52.6 Å². The minimum Gasteiger partial charge on any atom is -0.383 e. The van der Waals surface area contributed by atoms with E-state index in [4.69, 9.17) is 9.72 Å². The molecule has 0 aromatic carbocycles. The monoisotopic (exact) mass is 302 g/mol. The molecule has 5 heteroatoms. The molecule has 0 amide bonds. The first-order valence-corrected chi connectivity index (χ1v) is 8.06. The molecule has 3 rings (SSSR count). The zero-order valence-corrected chi connectivity index (χ0v) is 13.8. The highest BCUT2D eigenvalue weighted by Crippen LogP contribution is 2.15. The minimum absolute atomic E-state index is 0.572. The summed E-state index contributed by atoms with van der Waals surface area (Å²) in [5.41, 5.74) is 3.46. The topological polar surface area (TPSA) is 33.0 Å². The fourth-order valence-electron chi connectivity index (χ4n) is 3.26. The Labute approximate surface area is 132 Å². The van der Waals surface area contributed by atoms with Crippen LogP contribution in [0.3, 0.4) is 0 Å². The molecule has 0 spiro atoms. The second kappa shape index (κ2) is 6.77. The smallest absolute Gasteiger partial charge is 0.139 e. The van der Waals surface area contributed by atoms with Crippen LogP contribution in [0.25, 0.3) is 5.65 Å². The molecule has 1 fully saturated rings. The highest BCUT2D eigenvalue weighted by Gasteiger charge is 2.23. The quantitative estimate of drug-likeness (QED) is 0.843. The largest absolute Gasteiger partial charge is 0.383 e. The Morgan fingerprint density at radius 1 is 1.36 bits per heavy atom. The zero-order chi connectivity index (χ0) is 15.5. The van der Waals surface area contributed by atoms with E-state index < -0.39 is 0 Å². The summed E-state index contributed by atoms with van der Waals surface area (Å²) in [6.45, 7) is 10.5. The maximum Gasteiger partial charge on any atom is 0.139 e. The molecule has 2 aromatic rings. The minimum atomic E-state index is 0.572. The highest BCUT2D eigenvalue weighted by molar-refractivity contribution is 5.47. The van der Waals surface area contributed by atoms with E-state index in [1.54, 1.807) is 7.11 Å². The van der Waals surface area contributed by atoms with E-state index in [9.17, 15) is 0 Å². The van der Waals surface area contributed by atoms with Crippen LogP contribution in [0.2, 0.25) is 0 Å². The highest BCUT2D eigenvalue weighted by atomic mass is 16.5. The Balaban J connectivity index is 1.62. The van der Waals surface area contributed by atoms with Crippen LogP contribution in [0.4, 0.5) is 0 Å². The predicted octanol–water partition coefficient (Wildman–Crippen LogP) is 1.80. The number of aromatic nitrogens is 2. The Bertz CT molecular complexity index is 624. The summed E-state index contributed by atoms with van der Waals surface area (Å²) in [7, 11) is 1.77. The van der Waals surface area contributed by atoms with Crippen LogP contribution in [0, 0.1) is 6.92 Å². The number of hydrogen-bond acceptors (Lipinski definition) is 4. The van der Waals surface area contributed by atoms with Crippen molar-refractivity contribution in [2.24, 2.45) is 0 Å². The third-order valence-electron chi connectivity index (χ3n) is 4.55. The lowest BCUT2D eigenvalue weighted by atomic mass is 10.2. The van der Waals surface area contributed by atoms with Crippen LogP contribution in [0.1, 0.15) is 18.2 Å². The molecule has 120 valence electrons. The van der Waals surface area contributed by atoms with E-state index >= 15 is 0 Å². The van der Waals surface area contributed by atoms with Gasteiger partial charge in [-0.1, -0.05) is 6.07 Å². The lowest BCUT2D eigenvalue weighted by Crippen LogP contribution is -2.52. The molecule has 1 atom stereocenters. The number of pyridine rings is 1. The average molecular weight is 302 g/mol. The second-order valence-electron chi connectivity index (χ2n) is 6.27. The normalized spacial score (nSPS) is 20.8. The summed E-state index contributed by atoms with van der Waals surface area (Å²) in [6, 6.07) is 4.76. The zero-order valence-electron chi connectivity index (χ0n) is 13.8. The molecule has 1 saturated heterocycles. The number of imidazole rings is 1. The molecule has 1 unspecified atom stereocenters. The van der Waals surface area contributed by atoms with Gasteiger partial charge < -0.3 is 9.14 Å². The Hall–Kier alpha value is -1.43. The number of piperazine rings is 1. The third kappa shape index (κ3) is 3.32. The van der Waals surface area contributed by atoms with Crippen LogP contribution in [-0.4, -0.2) is 65.1 Å². The molecular weight excluding hydrogens is 276 g/mol. The van der Waals surface area contributed by atoms with Gasteiger partial charge in [0.25, 0.3) is 0 Å². The van der Waals surface area contributed by atoms with Gasteiger partial charge in [-0.15, -0.1) is 0 Å². The molecule has 0 aliphatic carbocycles. The Kier molecular flexibility index (Phi) is 4.76. The number of aryl methyl sites for hydroxylation is 1. The molecule has 3 heterocycles. The van der Waals surface area contributed by atoms with Gasteiger partial charge in [-0.3, -0.25) is 9.80 Å². The predicted molar refractivity (Wildman–Crippen MR) is 88.1 cm³/mol. The Morgan fingerprint density at radius 3 is 2.95 bits per heavy atom. The molecule has 0 radical (unpaired) electrons. The van der Waals surface area contributed by atoms with Gasteiger partial charge in [0.2, 0.25) is 0 Å². The Morgan fingerprint density at radius 2 is 2.23 bits per heavy atom. The molecule has 5 nitrogen and oxygen atoms in total. The van der Waals surface area contributed by atoms with Gasteiger partial charge in [-0.2, -0.15) is 0 Å². The molecule has 1 aliphatic rings. The summed E-state index contributed by atoms with van der Waals surface area (Å²) in [6.07, 6.45) is 4.23. The van der Waals surface area contributed by atoms with Gasteiger partial charge in [-0.05, 0) is 25.5 Å². The maximum atomic E-state index is 5.19. The number of ether oxygens (including phenoxy) is 1. The van der Waals surface area contributed by atoms with Crippen LogP contribution in [-0.2, 0) is 11.3 Å². The summed E-state index contributed by atoms with van der Waals surface area (Å²) >= 11 is 0. The number of rotatable bonds is 5. The van der Waals surface area contributed by atoms with Gasteiger partial charge in [0, 0.05) is 58.3 Å². The number of nitrogens with zero attached hydrogens (tertiary/aromatic N) is 4. The van der Waals surface area contributed by atoms with Crippen molar-refractivity contribution in [3.8, 4) is 0 Å². The van der Waals surface area contributed by atoms with Crippen LogP contribution in [0.5, 0.6) is 0 Å². The van der Waals surface area contributed by atoms with E-state index in [1.807, 2.05) is 0 Å². The van der Waals surface area contributed by atoms with E-state index in [1.165, 1.54) is 5.56 Å². The van der Waals surface area contributed by atoms with Gasteiger partial charge in [0.15, 0.2) is 0 Å². The maximum absolute atomic E-state index is 5.19. The van der Waals surface area contributed by atoms with Crippen molar-refractivity contribution in [1.29, 1.82) is 0 Å². The van der Waals surface area contributed by atoms with Crippen LogP contribution >= 0.6 is 0 Å². The first-order chi connectivity index (χ1) is 10.7. The van der Waals surface area contributed by atoms with Crippen molar-refractivity contribution in [2.45, 2.75) is 26.4 Å². The van der Waals surface area contributed by atoms with E-state index in [-0.39, 0.29) is 0 Å². The standard InChI is InChI=1S/C17H26N4O/c1-14-5-4-6-21-13-16(18-17(14)21)12-19-7-8-20(9-10-22-3)15(2)11-19/h4-6,13,15H,7-12H2,1-3H3. The van der Waals surface area contributed by atoms with Crippen molar-refractivity contribution in [2.75, 3.05) is 39.9 Å². The van der Waals surface area contributed by atoms with Crippen LogP contribution in [0.15, 0.2) is 24.5 Å². The number of fused-ring (bicyclic) bond motifs is 1. The van der Waals surface area contributed by atoms with Crippen molar-refractivity contribution < 1.29 is 4.74 Å². The molecule has 22 heavy (non-hydrogen) atoms. The molecular formula is C17H26N4O. The lowest BCUT2D eigenvalue weighted by molar-refractivity contribution is 0.0553. The second-order valence-corrected chi connectivity index (χ2v) is 6.27. The molecule has 0 saturated carbocycles. The molecule has 0 bridgehead atoms. The van der Waals surface area contributed by atoms with Crippen molar-refractivity contribution in [3.05, 3.63) is 35.8 Å². The first-order valence-electron chi connectivity index (χ1n) is 8.06.